The molecule has 0 heterocycles. The summed E-state index contributed by atoms with van der Waals surface area (Å²) in [6.07, 6.45) is 11.4. The maximum Gasteiger partial charge on any atom is 0.130 e. The minimum atomic E-state index is -0.0867. The van der Waals surface area contributed by atoms with Crippen LogP contribution < -0.4 is 0 Å². The van der Waals surface area contributed by atoms with E-state index in [0.29, 0.717) is 11.5 Å². The molecule has 0 radical (unpaired) electrons. The summed E-state index contributed by atoms with van der Waals surface area (Å²) in [6, 6.07) is 15.9. The van der Waals surface area contributed by atoms with E-state index in [2.05, 4.69) is 44.2 Å². The lowest BCUT2D eigenvalue weighted by atomic mass is 9.83. The fourth-order valence-corrected chi connectivity index (χ4v) is 6.26. The molecule has 2 aromatic carbocycles. The van der Waals surface area contributed by atoms with Gasteiger partial charge in [0.05, 0.1) is 0 Å². The molecule has 2 aromatic rings. The monoisotopic (exact) mass is 380 g/mol. The standard InChI is InChI=1S/C25H33FSi/c1-3-5-19-6-8-20(9-7-19)10-11-22-12-13-23(18-25(22)26)21-14-16-24(17-15-21)27-4-2/h6-13,18,21,24H,3-5,14-17,27H2,1-2H3/b11-10+/t21-,24-. The van der Waals surface area contributed by atoms with Crippen LogP contribution in [0.3, 0.4) is 0 Å². The summed E-state index contributed by atoms with van der Waals surface area (Å²) in [5.41, 5.74) is 5.40. The van der Waals surface area contributed by atoms with Gasteiger partial charge in [-0.25, -0.2) is 4.39 Å². The van der Waals surface area contributed by atoms with Crippen LogP contribution in [0.5, 0.6) is 0 Å². The van der Waals surface area contributed by atoms with Gasteiger partial charge in [-0.2, -0.15) is 0 Å². The van der Waals surface area contributed by atoms with Crippen molar-refractivity contribution in [2.75, 3.05) is 0 Å². The van der Waals surface area contributed by atoms with E-state index < -0.39 is 0 Å². The van der Waals surface area contributed by atoms with Crippen molar-refractivity contribution < 1.29 is 4.39 Å². The first-order chi connectivity index (χ1) is 13.2. The lowest BCUT2D eigenvalue weighted by Crippen LogP contribution is -2.13. The fraction of sp³-hybridized carbons (Fsp3) is 0.440. The molecule has 144 valence electrons. The predicted molar refractivity (Wildman–Crippen MR) is 120 cm³/mol. The molecule has 1 aliphatic carbocycles. The topological polar surface area (TPSA) is 0 Å². The first kappa shape index (κ1) is 20.1. The molecule has 1 saturated carbocycles. The molecule has 0 N–H and O–H groups in total. The number of halogens is 1. The molecule has 0 spiro atoms. The number of aryl methyl sites for hydroxylation is 1. The Balaban J connectivity index is 1.63. The second-order valence-electron chi connectivity index (χ2n) is 8.11. The Morgan fingerprint density at radius 2 is 1.70 bits per heavy atom. The molecule has 3 rings (SSSR count). The maximum atomic E-state index is 14.6. The number of hydrogen-bond donors (Lipinski definition) is 0. The van der Waals surface area contributed by atoms with Crippen LogP contribution in [-0.2, 0) is 6.42 Å². The van der Waals surface area contributed by atoms with Crippen LogP contribution in [0.25, 0.3) is 12.2 Å². The van der Waals surface area contributed by atoms with E-state index in [-0.39, 0.29) is 15.3 Å². The normalized spacial score (nSPS) is 20.7. The molecule has 0 aliphatic heterocycles. The molecular weight excluding hydrogens is 347 g/mol. The van der Waals surface area contributed by atoms with E-state index in [9.17, 15) is 4.39 Å². The summed E-state index contributed by atoms with van der Waals surface area (Å²) < 4.78 is 14.6. The quantitative estimate of drug-likeness (QED) is 0.358. The third-order valence-corrected chi connectivity index (χ3v) is 8.22. The average Bonchev–Trinajstić information content (AvgIpc) is 2.69. The summed E-state index contributed by atoms with van der Waals surface area (Å²) in [4.78, 5) is 0. The Hall–Kier alpha value is -1.67. The highest BCUT2D eigenvalue weighted by molar-refractivity contribution is 6.37. The molecule has 2 heteroatoms. The molecular formula is C25H33FSi. The van der Waals surface area contributed by atoms with Crippen LogP contribution in [0.1, 0.15) is 74.1 Å². The third kappa shape index (κ3) is 5.65. The molecule has 0 nitrogen and oxygen atoms in total. The van der Waals surface area contributed by atoms with E-state index in [4.69, 9.17) is 0 Å². The van der Waals surface area contributed by atoms with Crippen LogP contribution in [0.4, 0.5) is 4.39 Å². The zero-order valence-electron chi connectivity index (χ0n) is 16.9. The summed E-state index contributed by atoms with van der Waals surface area (Å²) in [7, 11) is 0.138. The van der Waals surface area contributed by atoms with Crippen LogP contribution in [-0.4, -0.2) is 9.52 Å². The van der Waals surface area contributed by atoms with Crippen molar-refractivity contribution in [1.29, 1.82) is 0 Å². The van der Waals surface area contributed by atoms with Gasteiger partial charge in [0.25, 0.3) is 0 Å². The Bertz CT molecular complexity index is 739. The fourth-order valence-electron chi connectivity index (χ4n) is 4.40. The zero-order valence-corrected chi connectivity index (χ0v) is 18.3. The van der Waals surface area contributed by atoms with Gasteiger partial charge in [0, 0.05) is 15.1 Å². The van der Waals surface area contributed by atoms with Crippen molar-refractivity contribution >= 4 is 21.7 Å². The first-order valence-electron chi connectivity index (χ1n) is 10.8. The van der Waals surface area contributed by atoms with E-state index in [1.165, 1.54) is 42.9 Å². The van der Waals surface area contributed by atoms with Gasteiger partial charge in [0.2, 0.25) is 0 Å². The Morgan fingerprint density at radius 3 is 2.33 bits per heavy atom. The molecule has 0 atom stereocenters. The molecule has 0 unspecified atom stereocenters. The summed E-state index contributed by atoms with van der Waals surface area (Å²) in [6.45, 7) is 4.53. The lowest BCUT2D eigenvalue weighted by Gasteiger charge is -2.28. The number of hydrogen-bond acceptors (Lipinski definition) is 0. The molecule has 1 aliphatic rings. The highest BCUT2D eigenvalue weighted by Crippen LogP contribution is 2.38. The van der Waals surface area contributed by atoms with Crippen LogP contribution in [0.15, 0.2) is 42.5 Å². The highest BCUT2D eigenvalue weighted by atomic mass is 28.2. The molecule has 0 amide bonds. The van der Waals surface area contributed by atoms with E-state index >= 15 is 0 Å². The summed E-state index contributed by atoms with van der Waals surface area (Å²) >= 11 is 0. The number of benzene rings is 2. The van der Waals surface area contributed by atoms with E-state index in [1.54, 1.807) is 6.07 Å². The maximum absolute atomic E-state index is 14.6. The van der Waals surface area contributed by atoms with Crippen molar-refractivity contribution in [1.82, 2.24) is 0 Å². The predicted octanol–water partition coefficient (Wildman–Crippen LogP) is 7.00. The largest absolute Gasteiger partial charge is 0.206 e. The van der Waals surface area contributed by atoms with Gasteiger partial charge in [-0.15, -0.1) is 0 Å². The van der Waals surface area contributed by atoms with Crippen molar-refractivity contribution in [3.8, 4) is 0 Å². The lowest BCUT2D eigenvalue weighted by molar-refractivity contribution is 0.439. The molecule has 0 saturated heterocycles. The smallest absolute Gasteiger partial charge is 0.130 e. The first-order valence-corrected chi connectivity index (χ1v) is 12.6. The van der Waals surface area contributed by atoms with Crippen LogP contribution in [0.2, 0.25) is 11.6 Å². The molecule has 27 heavy (non-hydrogen) atoms. The summed E-state index contributed by atoms with van der Waals surface area (Å²) in [5, 5.41) is 0. The Labute approximate surface area is 166 Å². The van der Waals surface area contributed by atoms with Gasteiger partial charge in [0.15, 0.2) is 0 Å². The van der Waals surface area contributed by atoms with E-state index in [1.807, 2.05) is 18.2 Å². The van der Waals surface area contributed by atoms with Gasteiger partial charge < -0.3 is 0 Å². The molecule has 0 aromatic heterocycles. The van der Waals surface area contributed by atoms with E-state index in [0.717, 1.165) is 23.9 Å². The Morgan fingerprint density at radius 1 is 0.963 bits per heavy atom. The highest BCUT2D eigenvalue weighted by Gasteiger charge is 2.22. The van der Waals surface area contributed by atoms with Gasteiger partial charge in [0.1, 0.15) is 5.82 Å². The third-order valence-electron chi connectivity index (χ3n) is 6.01. The van der Waals surface area contributed by atoms with Crippen molar-refractivity contribution in [2.45, 2.75) is 69.9 Å². The second kappa shape index (κ2) is 10.0. The van der Waals surface area contributed by atoms with Gasteiger partial charge >= 0.3 is 0 Å². The molecule has 1 fully saturated rings. The van der Waals surface area contributed by atoms with Gasteiger partial charge in [-0.05, 0) is 47.9 Å². The average molecular weight is 381 g/mol. The van der Waals surface area contributed by atoms with Crippen molar-refractivity contribution in [3.63, 3.8) is 0 Å². The molecule has 0 bridgehead atoms. The number of rotatable bonds is 7. The zero-order chi connectivity index (χ0) is 19.1. The second-order valence-corrected chi connectivity index (χ2v) is 10.8. The SMILES string of the molecule is CCCc1ccc(/C=C/c2ccc([C@H]3CC[C@H]([SiH2]CC)CC3)cc2F)cc1. The van der Waals surface area contributed by atoms with Crippen LogP contribution in [0, 0.1) is 5.82 Å². The van der Waals surface area contributed by atoms with Crippen LogP contribution >= 0.6 is 0 Å². The van der Waals surface area contributed by atoms with Gasteiger partial charge in [-0.3, -0.25) is 0 Å². The van der Waals surface area contributed by atoms with Gasteiger partial charge in [-0.1, -0.05) is 93.2 Å². The minimum absolute atomic E-state index is 0.0867. The minimum Gasteiger partial charge on any atom is -0.206 e. The van der Waals surface area contributed by atoms with Crippen molar-refractivity contribution in [2.24, 2.45) is 0 Å². The summed E-state index contributed by atoms with van der Waals surface area (Å²) in [5.74, 6) is 0.474. The van der Waals surface area contributed by atoms with Crippen molar-refractivity contribution in [3.05, 3.63) is 70.5 Å². The Kier molecular flexibility index (Phi) is 7.46.